The van der Waals surface area contributed by atoms with Crippen LogP contribution < -0.4 is 10.7 Å². The summed E-state index contributed by atoms with van der Waals surface area (Å²) in [5, 5.41) is 3.54. The lowest BCUT2D eigenvalue weighted by Crippen LogP contribution is -2.27. The highest BCUT2D eigenvalue weighted by Gasteiger charge is 2.35. The highest BCUT2D eigenvalue weighted by molar-refractivity contribution is 6.31. The Morgan fingerprint density at radius 3 is 2.30 bits per heavy atom. The monoisotopic (exact) mass is 433 g/mol. The number of rotatable bonds is 4. The van der Waals surface area contributed by atoms with Crippen LogP contribution in [0, 0.1) is 0 Å². The number of benzene rings is 1. The summed E-state index contributed by atoms with van der Waals surface area (Å²) >= 11 is 6.01. The molecule has 158 valence electrons. The average molecular weight is 434 g/mol. The number of methoxy groups -OCH3 is 2. The van der Waals surface area contributed by atoms with Crippen LogP contribution in [0.3, 0.4) is 0 Å². The van der Waals surface area contributed by atoms with E-state index in [2.05, 4.69) is 5.32 Å². The van der Waals surface area contributed by atoms with Gasteiger partial charge in [-0.15, -0.1) is 0 Å². The molecule has 0 aliphatic rings. The predicted octanol–water partition coefficient (Wildman–Crippen LogP) is 4.49. The van der Waals surface area contributed by atoms with E-state index >= 15 is 0 Å². The van der Waals surface area contributed by atoms with Crippen LogP contribution >= 0.6 is 11.6 Å². The summed E-state index contributed by atoms with van der Waals surface area (Å²) in [6.07, 6.45) is 1.16. The number of anilines is 1. The quantitative estimate of drug-likeness (QED) is 0.599. The molecule has 2 heterocycles. The lowest BCUT2D eigenvalue weighted by molar-refractivity contribution is 0.0558. The Balaban J connectivity index is 2.38. The van der Waals surface area contributed by atoms with Gasteiger partial charge < -0.3 is 23.6 Å². The lowest BCUT2D eigenvalue weighted by Gasteiger charge is -2.20. The van der Waals surface area contributed by atoms with E-state index in [-0.39, 0.29) is 33.7 Å². The second kappa shape index (κ2) is 7.87. The number of fused-ring (bicyclic) bond motifs is 1. The van der Waals surface area contributed by atoms with Crippen LogP contribution in [0.4, 0.5) is 5.88 Å². The van der Waals surface area contributed by atoms with E-state index in [0.29, 0.717) is 10.6 Å². The van der Waals surface area contributed by atoms with Crippen molar-refractivity contribution in [2.75, 3.05) is 19.5 Å². The van der Waals surface area contributed by atoms with E-state index in [4.69, 9.17) is 29.9 Å². The molecular weight excluding hydrogens is 414 g/mol. The van der Waals surface area contributed by atoms with Gasteiger partial charge in [-0.3, -0.25) is 4.79 Å². The van der Waals surface area contributed by atoms with Gasteiger partial charge in [0.2, 0.25) is 11.3 Å². The van der Waals surface area contributed by atoms with E-state index in [1.165, 1.54) is 13.2 Å². The predicted molar refractivity (Wildman–Crippen MR) is 111 cm³/mol. The number of hydrogen-bond donors (Lipinski definition) is 1. The molecule has 0 radical (unpaired) electrons. The third-order valence-electron chi connectivity index (χ3n) is 4.16. The Hall–Kier alpha value is -3.26. The Morgan fingerprint density at radius 2 is 1.70 bits per heavy atom. The third-order valence-corrected chi connectivity index (χ3v) is 4.39. The van der Waals surface area contributed by atoms with Crippen molar-refractivity contribution >= 4 is 40.4 Å². The number of esters is 2. The number of hydrogen-bond acceptors (Lipinski definition) is 8. The zero-order chi connectivity index (χ0) is 22.2. The van der Waals surface area contributed by atoms with Gasteiger partial charge in [-0.05, 0) is 39.0 Å². The lowest BCUT2D eigenvalue weighted by atomic mass is 10.0. The van der Waals surface area contributed by atoms with Gasteiger partial charge in [-0.1, -0.05) is 11.6 Å². The summed E-state index contributed by atoms with van der Waals surface area (Å²) in [4.78, 5) is 38.2. The second-order valence-corrected chi connectivity index (χ2v) is 7.92. The van der Waals surface area contributed by atoms with E-state index in [1.807, 2.05) is 20.8 Å². The molecule has 0 atom stereocenters. The molecule has 0 amide bonds. The topological polar surface area (TPSA) is 108 Å². The van der Waals surface area contributed by atoms with Crippen LogP contribution in [0.5, 0.6) is 0 Å². The molecular formula is C21H20ClNO7. The zero-order valence-electron chi connectivity index (χ0n) is 17.0. The summed E-state index contributed by atoms with van der Waals surface area (Å²) < 4.78 is 21.0. The first-order chi connectivity index (χ1) is 14.1. The fourth-order valence-corrected chi connectivity index (χ4v) is 3.08. The van der Waals surface area contributed by atoms with Gasteiger partial charge in [0.1, 0.15) is 28.5 Å². The maximum absolute atomic E-state index is 13.1. The maximum atomic E-state index is 13.1. The van der Waals surface area contributed by atoms with Gasteiger partial charge in [0.15, 0.2) is 5.76 Å². The van der Waals surface area contributed by atoms with Gasteiger partial charge in [0, 0.05) is 10.6 Å². The van der Waals surface area contributed by atoms with Crippen LogP contribution in [-0.2, 0) is 9.47 Å². The molecule has 0 saturated heterocycles. The van der Waals surface area contributed by atoms with E-state index in [1.54, 1.807) is 12.1 Å². The van der Waals surface area contributed by atoms with Crippen molar-refractivity contribution in [1.82, 2.24) is 0 Å². The first-order valence-electron chi connectivity index (χ1n) is 8.90. The number of halogens is 1. The van der Waals surface area contributed by atoms with E-state index in [9.17, 15) is 14.4 Å². The summed E-state index contributed by atoms with van der Waals surface area (Å²) in [7, 11) is 2.32. The minimum Gasteiger partial charge on any atom is -0.465 e. The summed E-state index contributed by atoms with van der Waals surface area (Å²) in [6.45, 7) is 5.50. The van der Waals surface area contributed by atoms with Crippen LogP contribution in [0.2, 0.25) is 5.02 Å². The van der Waals surface area contributed by atoms with Crippen molar-refractivity contribution in [3.05, 3.63) is 50.8 Å². The average Bonchev–Trinajstić information content (AvgIpc) is 3.04. The fourth-order valence-electron chi connectivity index (χ4n) is 2.90. The van der Waals surface area contributed by atoms with Crippen LogP contribution in [0.25, 0.3) is 22.3 Å². The van der Waals surface area contributed by atoms with Crippen LogP contribution in [0.1, 0.15) is 41.5 Å². The van der Waals surface area contributed by atoms with Crippen molar-refractivity contribution in [3.8, 4) is 11.3 Å². The second-order valence-electron chi connectivity index (χ2n) is 7.49. The summed E-state index contributed by atoms with van der Waals surface area (Å²) in [6, 6.07) is 4.58. The summed E-state index contributed by atoms with van der Waals surface area (Å²) in [5.41, 5.74) is -1.22. The normalized spacial score (nSPS) is 11.4. The number of carbonyl (C=O) groups is 2. The molecule has 1 N–H and O–H groups in total. The molecule has 1 aromatic carbocycles. The minimum absolute atomic E-state index is 0.0321. The maximum Gasteiger partial charge on any atom is 0.344 e. The highest BCUT2D eigenvalue weighted by atomic mass is 35.5. The SMILES string of the molecule is COC(=O)c1c(NC(C)(C)C)oc(-c2coc3ccc(Cl)cc3c2=O)c1C(=O)OC. The Morgan fingerprint density at radius 1 is 1.07 bits per heavy atom. The molecule has 0 fully saturated rings. The molecule has 0 spiro atoms. The first-order valence-corrected chi connectivity index (χ1v) is 9.28. The number of ether oxygens (including phenoxy) is 2. The molecule has 0 unspecified atom stereocenters. The van der Waals surface area contributed by atoms with Crippen molar-refractivity contribution in [1.29, 1.82) is 0 Å². The number of carbonyl (C=O) groups excluding carboxylic acids is 2. The van der Waals surface area contributed by atoms with Gasteiger partial charge in [-0.2, -0.15) is 0 Å². The molecule has 0 bridgehead atoms. The van der Waals surface area contributed by atoms with Gasteiger partial charge in [0.05, 0.1) is 19.6 Å². The van der Waals surface area contributed by atoms with Gasteiger partial charge in [0.25, 0.3) is 0 Å². The third kappa shape index (κ3) is 3.91. The fraction of sp³-hybridized carbons (Fsp3) is 0.286. The minimum atomic E-state index is -0.873. The molecule has 2 aromatic heterocycles. The van der Waals surface area contributed by atoms with Crippen LogP contribution in [0.15, 0.2) is 38.1 Å². The smallest absolute Gasteiger partial charge is 0.344 e. The highest BCUT2D eigenvalue weighted by Crippen LogP contribution is 2.36. The zero-order valence-corrected chi connectivity index (χ0v) is 17.8. The van der Waals surface area contributed by atoms with Gasteiger partial charge >= 0.3 is 11.9 Å². The first kappa shape index (κ1) is 21.4. The molecule has 8 nitrogen and oxygen atoms in total. The summed E-state index contributed by atoms with van der Waals surface area (Å²) in [5.74, 6) is -1.91. The molecule has 3 rings (SSSR count). The Labute approximate surface area is 176 Å². The van der Waals surface area contributed by atoms with Crippen molar-refractivity contribution in [3.63, 3.8) is 0 Å². The standard InChI is InChI=1S/C21H20ClNO7/c1-21(2,3)23-18-15(20(26)28-5)14(19(25)27-4)17(30-18)12-9-29-13-7-6-10(22)8-11(13)16(12)24/h6-9,23H,1-5H3. The van der Waals surface area contributed by atoms with E-state index in [0.717, 1.165) is 13.4 Å². The Kier molecular flexibility index (Phi) is 5.63. The molecule has 0 aliphatic carbocycles. The molecule has 30 heavy (non-hydrogen) atoms. The van der Waals surface area contributed by atoms with Gasteiger partial charge in [-0.25, -0.2) is 9.59 Å². The number of furan rings is 1. The molecule has 0 aliphatic heterocycles. The van der Waals surface area contributed by atoms with Crippen molar-refractivity contribution < 1.29 is 27.9 Å². The largest absolute Gasteiger partial charge is 0.465 e. The van der Waals surface area contributed by atoms with E-state index < -0.39 is 22.9 Å². The van der Waals surface area contributed by atoms with Crippen LogP contribution in [-0.4, -0.2) is 31.7 Å². The van der Waals surface area contributed by atoms with Crippen molar-refractivity contribution in [2.24, 2.45) is 0 Å². The molecule has 9 heteroatoms. The molecule has 3 aromatic rings. The Bertz CT molecular complexity index is 1200. The number of nitrogens with one attached hydrogen (secondary N) is 1. The molecule has 0 saturated carbocycles. The van der Waals surface area contributed by atoms with Crippen molar-refractivity contribution in [2.45, 2.75) is 26.3 Å².